The topological polar surface area (TPSA) is 46.3 Å². The Bertz CT molecular complexity index is 182. The first kappa shape index (κ1) is 9.81. The van der Waals surface area contributed by atoms with Gasteiger partial charge in [-0.15, -0.1) is 12.4 Å². The number of carbonyl (C=O) groups is 1. The summed E-state index contributed by atoms with van der Waals surface area (Å²) in [5, 5.41) is 0. The molecule has 3 nitrogen and oxygen atoms in total. The Morgan fingerprint density at radius 1 is 1.33 bits per heavy atom. The minimum absolute atomic E-state index is 0. The number of carbonyl (C=O) groups excluding carboxylic acids is 1. The van der Waals surface area contributed by atoms with Gasteiger partial charge in [0.05, 0.1) is 6.04 Å². The Hall–Kier alpha value is -0.280. The number of likely N-dealkylation sites (tertiary alicyclic amines) is 1. The predicted molar refractivity (Wildman–Crippen MR) is 49.2 cm³/mol. The smallest absolute Gasteiger partial charge is 0.239 e. The lowest BCUT2D eigenvalue weighted by atomic mass is 9.92. The van der Waals surface area contributed by atoms with Crippen molar-refractivity contribution in [2.24, 2.45) is 5.73 Å². The second kappa shape index (κ2) is 3.62. The molecule has 1 atom stereocenters. The van der Waals surface area contributed by atoms with Crippen molar-refractivity contribution in [3.05, 3.63) is 0 Å². The van der Waals surface area contributed by atoms with Crippen LogP contribution in [0.5, 0.6) is 0 Å². The highest BCUT2D eigenvalue weighted by molar-refractivity contribution is 5.85. The summed E-state index contributed by atoms with van der Waals surface area (Å²) in [5.41, 5.74) is 5.59. The first-order valence-electron chi connectivity index (χ1n) is 4.35. The van der Waals surface area contributed by atoms with Crippen molar-refractivity contribution in [1.82, 2.24) is 4.90 Å². The molecule has 1 saturated heterocycles. The van der Waals surface area contributed by atoms with Gasteiger partial charge in [-0.2, -0.15) is 0 Å². The number of rotatable bonds is 1. The molecule has 2 fully saturated rings. The monoisotopic (exact) mass is 190 g/mol. The maximum atomic E-state index is 11.3. The third-order valence-electron chi connectivity index (χ3n) is 2.80. The summed E-state index contributed by atoms with van der Waals surface area (Å²) in [4.78, 5) is 13.3. The molecule has 1 heterocycles. The van der Waals surface area contributed by atoms with E-state index < -0.39 is 0 Å². The van der Waals surface area contributed by atoms with Crippen LogP contribution in [0.15, 0.2) is 0 Å². The molecule has 12 heavy (non-hydrogen) atoms. The van der Waals surface area contributed by atoms with Gasteiger partial charge in [0.1, 0.15) is 0 Å². The lowest BCUT2D eigenvalue weighted by molar-refractivity contribution is -0.132. The van der Waals surface area contributed by atoms with Gasteiger partial charge in [0.25, 0.3) is 0 Å². The van der Waals surface area contributed by atoms with E-state index >= 15 is 0 Å². The van der Waals surface area contributed by atoms with Gasteiger partial charge in [-0.25, -0.2) is 0 Å². The van der Waals surface area contributed by atoms with Crippen LogP contribution >= 0.6 is 12.4 Å². The Balaban J connectivity index is 0.000000720. The molecule has 1 aliphatic heterocycles. The molecule has 70 valence electrons. The van der Waals surface area contributed by atoms with Crippen molar-refractivity contribution in [3.63, 3.8) is 0 Å². The number of amides is 1. The third kappa shape index (κ3) is 1.43. The molecule has 0 spiro atoms. The molecular weight excluding hydrogens is 176 g/mol. The largest absolute Gasteiger partial charge is 0.338 e. The Kier molecular flexibility index (Phi) is 2.96. The summed E-state index contributed by atoms with van der Waals surface area (Å²) in [6.45, 7) is 0.894. The molecule has 1 unspecified atom stereocenters. The highest BCUT2D eigenvalue weighted by Crippen LogP contribution is 2.27. The van der Waals surface area contributed by atoms with E-state index in [2.05, 4.69) is 0 Å². The summed E-state index contributed by atoms with van der Waals surface area (Å²) >= 11 is 0. The summed E-state index contributed by atoms with van der Waals surface area (Å²) in [6.07, 6.45) is 4.52. The Labute approximate surface area is 78.7 Å². The van der Waals surface area contributed by atoms with Gasteiger partial charge in [-0.1, -0.05) is 0 Å². The average Bonchev–Trinajstić information content (AvgIpc) is 2.15. The molecule has 0 aromatic heterocycles. The summed E-state index contributed by atoms with van der Waals surface area (Å²) in [5.74, 6) is 0.176. The van der Waals surface area contributed by atoms with E-state index in [-0.39, 0.29) is 24.4 Å². The standard InChI is InChI=1S/C8H14N2O.ClH/c9-7-4-5-10(8(7)11)6-2-1-3-6;/h6-7H,1-5,9H2;1H. The molecule has 0 radical (unpaired) electrons. The third-order valence-corrected chi connectivity index (χ3v) is 2.80. The number of nitrogens with zero attached hydrogens (tertiary/aromatic N) is 1. The number of hydrogen-bond donors (Lipinski definition) is 1. The van der Waals surface area contributed by atoms with Crippen LogP contribution in [0, 0.1) is 0 Å². The highest BCUT2D eigenvalue weighted by Gasteiger charge is 2.35. The fourth-order valence-electron chi connectivity index (χ4n) is 1.79. The van der Waals surface area contributed by atoms with E-state index in [0.29, 0.717) is 6.04 Å². The fourth-order valence-corrected chi connectivity index (χ4v) is 1.79. The zero-order valence-corrected chi connectivity index (χ0v) is 7.85. The van der Waals surface area contributed by atoms with E-state index in [4.69, 9.17) is 5.73 Å². The highest BCUT2D eigenvalue weighted by atomic mass is 35.5. The molecule has 1 amide bonds. The maximum absolute atomic E-state index is 11.3. The molecule has 2 rings (SSSR count). The lowest BCUT2D eigenvalue weighted by Gasteiger charge is -2.34. The van der Waals surface area contributed by atoms with Crippen molar-refractivity contribution in [1.29, 1.82) is 0 Å². The van der Waals surface area contributed by atoms with Crippen LogP contribution in [0.4, 0.5) is 0 Å². The molecule has 0 aromatic rings. The van der Waals surface area contributed by atoms with E-state index in [1.807, 2.05) is 4.90 Å². The van der Waals surface area contributed by atoms with Crippen molar-refractivity contribution in [2.45, 2.75) is 37.8 Å². The average molecular weight is 191 g/mol. The second-order valence-corrected chi connectivity index (χ2v) is 3.51. The van der Waals surface area contributed by atoms with E-state index in [9.17, 15) is 4.79 Å². The van der Waals surface area contributed by atoms with Crippen LogP contribution in [0.25, 0.3) is 0 Å². The minimum Gasteiger partial charge on any atom is -0.338 e. The van der Waals surface area contributed by atoms with E-state index in [1.54, 1.807) is 0 Å². The zero-order valence-electron chi connectivity index (χ0n) is 7.03. The summed E-state index contributed by atoms with van der Waals surface area (Å²) < 4.78 is 0. The quantitative estimate of drug-likeness (QED) is 0.656. The van der Waals surface area contributed by atoms with Gasteiger partial charge in [0.2, 0.25) is 5.91 Å². The van der Waals surface area contributed by atoms with Crippen molar-refractivity contribution >= 4 is 18.3 Å². The van der Waals surface area contributed by atoms with Gasteiger partial charge in [-0.05, 0) is 25.7 Å². The van der Waals surface area contributed by atoms with Gasteiger partial charge >= 0.3 is 0 Å². The maximum Gasteiger partial charge on any atom is 0.239 e. The summed E-state index contributed by atoms with van der Waals surface area (Å²) in [6, 6.07) is 0.339. The van der Waals surface area contributed by atoms with Crippen molar-refractivity contribution in [3.8, 4) is 0 Å². The SMILES string of the molecule is Cl.NC1CCN(C2CCC2)C1=O. The van der Waals surface area contributed by atoms with Gasteiger partial charge in [0, 0.05) is 12.6 Å². The van der Waals surface area contributed by atoms with Crippen LogP contribution in [-0.4, -0.2) is 29.4 Å². The fraction of sp³-hybridized carbons (Fsp3) is 0.875. The molecule has 0 aromatic carbocycles. The molecule has 1 aliphatic carbocycles. The Morgan fingerprint density at radius 3 is 2.33 bits per heavy atom. The minimum atomic E-state index is -0.199. The normalized spacial score (nSPS) is 29.9. The lowest BCUT2D eigenvalue weighted by Crippen LogP contribution is -2.44. The van der Waals surface area contributed by atoms with Crippen LogP contribution < -0.4 is 5.73 Å². The molecule has 4 heteroatoms. The van der Waals surface area contributed by atoms with Gasteiger partial charge in [-0.3, -0.25) is 4.79 Å². The zero-order chi connectivity index (χ0) is 7.84. The molecular formula is C8H15ClN2O. The van der Waals surface area contributed by atoms with Crippen molar-refractivity contribution < 1.29 is 4.79 Å². The van der Waals surface area contributed by atoms with Gasteiger partial charge in [0.15, 0.2) is 0 Å². The number of hydrogen-bond acceptors (Lipinski definition) is 2. The van der Waals surface area contributed by atoms with E-state index in [1.165, 1.54) is 19.3 Å². The number of halogens is 1. The summed E-state index contributed by atoms with van der Waals surface area (Å²) in [7, 11) is 0. The molecule has 2 aliphatic rings. The number of nitrogens with two attached hydrogens (primary N) is 1. The first-order valence-corrected chi connectivity index (χ1v) is 4.35. The van der Waals surface area contributed by atoms with E-state index in [0.717, 1.165) is 13.0 Å². The molecule has 1 saturated carbocycles. The van der Waals surface area contributed by atoms with Crippen LogP contribution in [0.2, 0.25) is 0 Å². The molecule has 2 N–H and O–H groups in total. The van der Waals surface area contributed by atoms with Crippen LogP contribution in [0.1, 0.15) is 25.7 Å². The second-order valence-electron chi connectivity index (χ2n) is 3.51. The molecule has 0 bridgehead atoms. The van der Waals surface area contributed by atoms with Gasteiger partial charge < -0.3 is 10.6 Å². The van der Waals surface area contributed by atoms with Crippen LogP contribution in [-0.2, 0) is 4.79 Å². The predicted octanol–water partition coefficient (Wildman–Crippen LogP) is 0.520. The first-order chi connectivity index (χ1) is 5.29. The van der Waals surface area contributed by atoms with Crippen molar-refractivity contribution in [2.75, 3.05) is 6.54 Å². The Morgan fingerprint density at radius 2 is 2.00 bits per heavy atom. The van der Waals surface area contributed by atoms with Crippen LogP contribution in [0.3, 0.4) is 0 Å².